The van der Waals surface area contributed by atoms with Gasteiger partial charge in [0.25, 0.3) is 0 Å². The van der Waals surface area contributed by atoms with Gasteiger partial charge in [-0.1, -0.05) is 12.1 Å². The fourth-order valence-corrected chi connectivity index (χ4v) is 3.36. The molecular weight excluding hydrogens is 322 g/mol. The molecule has 0 amide bonds. The number of hydrogen-bond donors (Lipinski definition) is 0. The minimum atomic E-state index is 0.241. The molecule has 1 heterocycles. The number of carbonyl (C=O) groups is 1. The molecule has 136 valence electrons. The molecule has 0 radical (unpaired) electrons. The quantitative estimate of drug-likeness (QED) is 0.628. The highest BCUT2D eigenvalue weighted by atomic mass is 16.1. The molecule has 4 nitrogen and oxygen atoms in total. The Morgan fingerprint density at radius 3 is 2.62 bits per heavy atom. The number of nitrogens with zero attached hydrogens (tertiary/aromatic N) is 3. The van der Waals surface area contributed by atoms with Gasteiger partial charge in [0.05, 0.1) is 16.6 Å². The smallest absolute Gasteiger partial charge is 0.129 e. The highest BCUT2D eigenvalue weighted by Crippen LogP contribution is 2.30. The summed E-state index contributed by atoms with van der Waals surface area (Å²) >= 11 is 0. The topological polar surface area (TPSA) is 37.6 Å². The van der Waals surface area contributed by atoms with Crippen LogP contribution >= 0.6 is 0 Å². The van der Waals surface area contributed by atoms with Gasteiger partial charge in [-0.25, -0.2) is 0 Å². The first kappa shape index (κ1) is 18.2. The van der Waals surface area contributed by atoms with Crippen LogP contribution in [0.5, 0.6) is 0 Å². The molecule has 0 N–H and O–H groups in total. The summed E-state index contributed by atoms with van der Waals surface area (Å²) in [6.07, 6.45) is 1.45. The third kappa shape index (κ3) is 3.79. The van der Waals surface area contributed by atoms with E-state index in [1.807, 2.05) is 0 Å². The molecular formula is C22H27N3O. The number of benzene rings is 2. The standard InChI is InChI=1S/C22H27N3O/c1-5-23-19-10-8-17-13-18-9-11-20(24(3)4)15-22(18)25(21(17)14-19)12-6-7-16(2)26/h8-11,13-15H,5-7,12H2,1-4H3. The maximum absolute atomic E-state index is 11.4. The molecule has 1 aromatic rings. The molecule has 0 spiro atoms. The number of anilines is 1. The molecule has 0 aromatic heterocycles. The molecule has 1 aliphatic carbocycles. The summed E-state index contributed by atoms with van der Waals surface area (Å²) in [7, 11) is 4.11. The molecule has 0 saturated heterocycles. The molecule has 4 heteroatoms. The molecule has 26 heavy (non-hydrogen) atoms. The van der Waals surface area contributed by atoms with E-state index in [0.717, 1.165) is 24.9 Å². The van der Waals surface area contributed by atoms with Crippen LogP contribution in [-0.2, 0) is 11.3 Å². The SMILES string of the molecule is CCN=c1ccc2cc3ccc(N(C)C)cc3n(CCCC(C)=O)c-2c1. The van der Waals surface area contributed by atoms with Crippen LogP contribution in [0.4, 0.5) is 5.69 Å². The number of pyridine rings is 1. The first-order valence-corrected chi connectivity index (χ1v) is 9.24. The third-order valence-electron chi connectivity index (χ3n) is 4.69. The molecule has 0 fully saturated rings. The number of fused-ring (bicyclic) bond motifs is 2. The normalized spacial score (nSPS) is 12.1. The zero-order valence-electron chi connectivity index (χ0n) is 16.1. The molecule has 0 unspecified atom stereocenters. The average Bonchev–Trinajstić information content (AvgIpc) is 2.61. The van der Waals surface area contributed by atoms with Crippen molar-refractivity contribution in [2.24, 2.45) is 4.99 Å². The Labute approximate surface area is 155 Å². The lowest BCUT2D eigenvalue weighted by Gasteiger charge is -2.21. The largest absolute Gasteiger partial charge is 0.378 e. The van der Waals surface area contributed by atoms with E-state index in [9.17, 15) is 4.79 Å². The van der Waals surface area contributed by atoms with E-state index in [-0.39, 0.29) is 5.78 Å². The van der Waals surface area contributed by atoms with Crippen LogP contribution < -0.4 is 10.3 Å². The van der Waals surface area contributed by atoms with Crippen molar-refractivity contribution in [2.45, 2.75) is 33.2 Å². The Bertz CT molecular complexity index is 969. The summed E-state index contributed by atoms with van der Waals surface area (Å²) in [6, 6.07) is 15.2. The zero-order chi connectivity index (χ0) is 18.7. The summed E-state index contributed by atoms with van der Waals surface area (Å²) in [4.78, 5) is 18.1. The lowest BCUT2D eigenvalue weighted by Crippen LogP contribution is -2.13. The van der Waals surface area contributed by atoms with Crippen molar-refractivity contribution >= 4 is 22.4 Å². The second-order valence-corrected chi connectivity index (χ2v) is 6.96. The molecule has 1 aromatic carbocycles. The Morgan fingerprint density at radius 2 is 1.92 bits per heavy atom. The molecule has 0 bridgehead atoms. The number of carbonyl (C=O) groups excluding carboxylic acids is 1. The fraction of sp³-hybridized carbons (Fsp3) is 0.364. The van der Waals surface area contributed by atoms with Crippen molar-refractivity contribution in [1.82, 2.24) is 4.57 Å². The predicted octanol–water partition coefficient (Wildman–Crippen LogP) is 4.10. The monoisotopic (exact) mass is 349 g/mol. The van der Waals surface area contributed by atoms with Gasteiger partial charge in [0.2, 0.25) is 0 Å². The van der Waals surface area contributed by atoms with Gasteiger partial charge < -0.3 is 14.3 Å². The van der Waals surface area contributed by atoms with Crippen LogP contribution in [0.15, 0.2) is 47.5 Å². The van der Waals surface area contributed by atoms with Crippen LogP contribution in [0, 0.1) is 0 Å². The maximum Gasteiger partial charge on any atom is 0.129 e. The Kier molecular flexibility index (Phi) is 5.40. The number of Topliss-reactive ketones (excluding diaryl/α,β-unsaturated/α-hetero) is 1. The second-order valence-electron chi connectivity index (χ2n) is 6.96. The van der Waals surface area contributed by atoms with Gasteiger partial charge in [0, 0.05) is 39.3 Å². The van der Waals surface area contributed by atoms with E-state index in [0.29, 0.717) is 6.42 Å². The molecule has 0 atom stereocenters. The average molecular weight is 349 g/mol. The van der Waals surface area contributed by atoms with Crippen LogP contribution in [0.25, 0.3) is 22.2 Å². The minimum Gasteiger partial charge on any atom is -0.378 e. The van der Waals surface area contributed by atoms with Crippen molar-refractivity contribution in [3.63, 3.8) is 0 Å². The van der Waals surface area contributed by atoms with E-state index >= 15 is 0 Å². The first-order chi connectivity index (χ1) is 12.5. The Balaban J connectivity index is 2.24. The van der Waals surface area contributed by atoms with E-state index in [1.165, 1.54) is 27.8 Å². The van der Waals surface area contributed by atoms with Crippen LogP contribution in [0.1, 0.15) is 26.7 Å². The highest BCUT2D eigenvalue weighted by molar-refractivity contribution is 5.89. The lowest BCUT2D eigenvalue weighted by atomic mass is 10.0. The van der Waals surface area contributed by atoms with Gasteiger partial charge in [-0.3, -0.25) is 4.99 Å². The molecule has 1 aliphatic heterocycles. The van der Waals surface area contributed by atoms with Gasteiger partial charge in [-0.2, -0.15) is 0 Å². The second kappa shape index (κ2) is 7.73. The third-order valence-corrected chi connectivity index (χ3v) is 4.69. The number of hydrogen-bond acceptors (Lipinski definition) is 3. The van der Waals surface area contributed by atoms with Crippen molar-refractivity contribution in [2.75, 3.05) is 25.5 Å². The molecule has 3 rings (SSSR count). The van der Waals surface area contributed by atoms with Crippen LogP contribution in [-0.4, -0.2) is 31.0 Å². The van der Waals surface area contributed by atoms with E-state index < -0.39 is 0 Å². The van der Waals surface area contributed by atoms with Gasteiger partial charge in [-0.15, -0.1) is 0 Å². The minimum absolute atomic E-state index is 0.241. The number of rotatable bonds is 6. The predicted molar refractivity (Wildman–Crippen MR) is 109 cm³/mol. The summed E-state index contributed by atoms with van der Waals surface area (Å²) < 4.78 is 2.34. The summed E-state index contributed by atoms with van der Waals surface area (Å²) in [5.74, 6) is 0.241. The van der Waals surface area contributed by atoms with Crippen LogP contribution in [0.3, 0.4) is 0 Å². The van der Waals surface area contributed by atoms with Gasteiger partial charge in [-0.05, 0) is 61.5 Å². The molecule has 2 aliphatic rings. The van der Waals surface area contributed by atoms with E-state index in [4.69, 9.17) is 0 Å². The molecule has 0 saturated carbocycles. The number of aromatic nitrogens is 1. The van der Waals surface area contributed by atoms with Gasteiger partial charge in [0.1, 0.15) is 5.78 Å². The van der Waals surface area contributed by atoms with Gasteiger partial charge >= 0.3 is 0 Å². The van der Waals surface area contributed by atoms with Crippen LogP contribution in [0.2, 0.25) is 0 Å². The number of ketones is 1. The Hall–Kier alpha value is -2.62. The van der Waals surface area contributed by atoms with E-state index in [2.05, 4.69) is 77.9 Å². The lowest BCUT2D eigenvalue weighted by molar-refractivity contribution is -0.117. The summed E-state index contributed by atoms with van der Waals surface area (Å²) in [5, 5.41) is 2.22. The van der Waals surface area contributed by atoms with E-state index in [1.54, 1.807) is 6.92 Å². The van der Waals surface area contributed by atoms with Gasteiger partial charge in [0.15, 0.2) is 0 Å². The van der Waals surface area contributed by atoms with Crippen molar-refractivity contribution < 1.29 is 4.79 Å². The first-order valence-electron chi connectivity index (χ1n) is 9.24. The van der Waals surface area contributed by atoms with Crippen molar-refractivity contribution in [3.8, 4) is 11.3 Å². The maximum atomic E-state index is 11.4. The highest BCUT2D eigenvalue weighted by Gasteiger charge is 2.12. The van der Waals surface area contributed by atoms with Crippen molar-refractivity contribution in [3.05, 3.63) is 47.8 Å². The van der Waals surface area contributed by atoms with Crippen molar-refractivity contribution in [1.29, 1.82) is 0 Å². The summed E-state index contributed by atoms with van der Waals surface area (Å²) in [6.45, 7) is 5.30. The fourth-order valence-electron chi connectivity index (χ4n) is 3.36. The zero-order valence-corrected chi connectivity index (χ0v) is 16.1. The Morgan fingerprint density at radius 1 is 1.12 bits per heavy atom. The number of aryl methyl sites for hydroxylation is 1. The summed E-state index contributed by atoms with van der Waals surface area (Å²) in [5.41, 5.74) is 4.74.